The number of piperidine rings is 1. The van der Waals surface area contributed by atoms with Crippen molar-refractivity contribution < 1.29 is 9.53 Å². The van der Waals surface area contributed by atoms with Crippen molar-refractivity contribution in [3.63, 3.8) is 0 Å². The SMILES string of the molecule is CCNC(=NCc1ccc(C)s1)N1CCCC(C(=O)OCC)C1. The fourth-order valence-corrected chi connectivity index (χ4v) is 3.59. The van der Waals surface area contributed by atoms with Gasteiger partial charge in [0.05, 0.1) is 19.1 Å². The lowest BCUT2D eigenvalue weighted by atomic mass is 9.98. The summed E-state index contributed by atoms with van der Waals surface area (Å²) >= 11 is 1.78. The van der Waals surface area contributed by atoms with Gasteiger partial charge in [0.1, 0.15) is 0 Å². The van der Waals surface area contributed by atoms with Crippen LogP contribution in [0.5, 0.6) is 0 Å². The first kappa shape index (κ1) is 17.8. The molecule has 0 aliphatic carbocycles. The van der Waals surface area contributed by atoms with E-state index in [2.05, 4.69) is 36.2 Å². The first-order valence-electron chi connectivity index (χ1n) is 8.39. The monoisotopic (exact) mass is 337 g/mol. The van der Waals surface area contributed by atoms with Crippen LogP contribution in [0, 0.1) is 12.8 Å². The minimum Gasteiger partial charge on any atom is -0.466 e. The summed E-state index contributed by atoms with van der Waals surface area (Å²) in [6, 6.07) is 4.25. The molecule has 1 unspecified atom stereocenters. The van der Waals surface area contributed by atoms with Crippen LogP contribution in [0.4, 0.5) is 0 Å². The van der Waals surface area contributed by atoms with Gasteiger partial charge in [-0.3, -0.25) is 4.79 Å². The lowest BCUT2D eigenvalue weighted by Crippen LogP contribution is -2.48. The molecule has 0 amide bonds. The van der Waals surface area contributed by atoms with Crippen LogP contribution in [0.1, 0.15) is 36.4 Å². The van der Waals surface area contributed by atoms with Crippen molar-refractivity contribution in [3.8, 4) is 0 Å². The number of esters is 1. The molecule has 0 aromatic carbocycles. The summed E-state index contributed by atoms with van der Waals surface area (Å²) in [5.41, 5.74) is 0. The third kappa shape index (κ3) is 5.23. The van der Waals surface area contributed by atoms with Crippen LogP contribution in [-0.4, -0.2) is 43.1 Å². The average molecular weight is 337 g/mol. The van der Waals surface area contributed by atoms with E-state index in [1.165, 1.54) is 9.75 Å². The highest BCUT2D eigenvalue weighted by atomic mass is 32.1. The highest BCUT2D eigenvalue weighted by molar-refractivity contribution is 7.11. The van der Waals surface area contributed by atoms with Gasteiger partial charge in [0.2, 0.25) is 0 Å². The van der Waals surface area contributed by atoms with E-state index in [-0.39, 0.29) is 11.9 Å². The zero-order chi connectivity index (χ0) is 16.7. The highest BCUT2D eigenvalue weighted by Crippen LogP contribution is 2.19. The van der Waals surface area contributed by atoms with Crippen LogP contribution in [-0.2, 0) is 16.1 Å². The molecule has 0 spiro atoms. The normalized spacial score (nSPS) is 18.8. The quantitative estimate of drug-likeness (QED) is 0.510. The molecule has 5 nitrogen and oxygen atoms in total. The Kier molecular flexibility index (Phi) is 6.89. The molecule has 0 radical (unpaired) electrons. The summed E-state index contributed by atoms with van der Waals surface area (Å²) in [6.07, 6.45) is 1.89. The van der Waals surface area contributed by atoms with Gasteiger partial charge in [0.25, 0.3) is 0 Å². The third-order valence-corrected chi connectivity index (χ3v) is 4.84. The number of hydrogen-bond acceptors (Lipinski definition) is 4. The van der Waals surface area contributed by atoms with Gasteiger partial charge in [0, 0.05) is 29.4 Å². The first-order valence-corrected chi connectivity index (χ1v) is 9.20. The van der Waals surface area contributed by atoms with E-state index in [1.54, 1.807) is 11.3 Å². The van der Waals surface area contributed by atoms with Crippen molar-refractivity contribution in [2.24, 2.45) is 10.9 Å². The standard InChI is InChI=1S/C17H27N3O2S/c1-4-18-17(19-11-15-9-8-13(3)23-15)20-10-6-7-14(12-20)16(21)22-5-2/h8-9,14H,4-7,10-12H2,1-3H3,(H,18,19). The van der Waals surface area contributed by atoms with Crippen LogP contribution in [0.15, 0.2) is 17.1 Å². The summed E-state index contributed by atoms with van der Waals surface area (Å²) in [4.78, 5) is 21.5. The van der Waals surface area contributed by atoms with E-state index in [0.717, 1.165) is 31.9 Å². The zero-order valence-corrected chi connectivity index (χ0v) is 15.1. The maximum Gasteiger partial charge on any atom is 0.310 e. The summed E-state index contributed by atoms with van der Waals surface area (Å²) in [6.45, 7) is 9.60. The number of thiophene rings is 1. The van der Waals surface area contributed by atoms with Crippen LogP contribution in [0.3, 0.4) is 0 Å². The molecule has 1 fully saturated rings. The molecule has 0 saturated carbocycles. The summed E-state index contributed by atoms with van der Waals surface area (Å²) < 4.78 is 5.18. The van der Waals surface area contributed by atoms with Crippen molar-refractivity contribution in [1.29, 1.82) is 0 Å². The number of aryl methyl sites for hydroxylation is 1. The Morgan fingerprint density at radius 1 is 1.48 bits per heavy atom. The number of carbonyl (C=O) groups excluding carboxylic acids is 1. The van der Waals surface area contributed by atoms with E-state index in [9.17, 15) is 4.79 Å². The van der Waals surface area contributed by atoms with Gasteiger partial charge < -0.3 is 15.0 Å². The average Bonchev–Trinajstić information content (AvgIpc) is 2.97. The van der Waals surface area contributed by atoms with Gasteiger partial charge >= 0.3 is 5.97 Å². The van der Waals surface area contributed by atoms with Gasteiger partial charge in [-0.1, -0.05) is 0 Å². The second kappa shape index (κ2) is 8.91. The number of aliphatic imine (C=N–C) groups is 1. The Balaban J connectivity index is 2.02. The van der Waals surface area contributed by atoms with Crippen molar-refractivity contribution >= 4 is 23.3 Å². The molecule has 6 heteroatoms. The smallest absolute Gasteiger partial charge is 0.310 e. The van der Waals surface area contributed by atoms with Gasteiger partial charge in [-0.25, -0.2) is 4.99 Å². The number of rotatable bonds is 5. The summed E-state index contributed by atoms with van der Waals surface area (Å²) in [5.74, 6) is 0.769. The number of guanidine groups is 1. The zero-order valence-electron chi connectivity index (χ0n) is 14.3. The topological polar surface area (TPSA) is 53.9 Å². The molecule has 1 aliphatic rings. The molecule has 2 rings (SSSR count). The van der Waals surface area contributed by atoms with Gasteiger partial charge in [-0.05, 0) is 45.7 Å². The molecule has 1 N–H and O–H groups in total. The van der Waals surface area contributed by atoms with Crippen molar-refractivity contribution in [2.75, 3.05) is 26.2 Å². The Labute approximate surface area is 142 Å². The van der Waals surface area contributed by atoms with E-state index in [1.807, 2.05) is 6.92 Å². The fourth-order valence-electron chi connectivity index (χ4n) is 2.77. The summed E-state index contributed by atoms with van der Waals surface area (Å²) in [7, 11) is 0. The minimum atomic E-state index is -0.0815. The predicted molar refractivity (Wildman–Crippen MR) is 94.8 cm³/mol. The molecule has 1 saturated heterocycles. The van der Waals surface area contributed by atoms with Crippen LogP contribution in [0.2, 0.25) is 0 Å². The molecular weight excluding hydrogens is 310 g/mol. The molecule has 2 heterocycles. The Hall–Kier alpha value is -1.56. The number of nitrogens with zero attached hydrogens (tertiary/aromatic N) is 2. The van der Waals surface area contributed by atoms with E-state index < -0.39 is 0 Å². The number of ether oxygens (including phenoxy) is 1. The van der Waals surface area contributed by atoms with Crippen molar-refractivity contribution in [1.82, 2.24) is 10.2 Å². The minimum absolute atomic E-state index is 0.0449. The van der Waals surface area contributed by atoms with Crippen molar-refractivity contribution in [2.45, 2.75) is 40.2 Å². The Morgan fingerprint density at radius 2 is 2.30 bits per heavy atom. The maximum absolute atomic E-state index is 12.0. The van der Waals surface area contributed by atoms with Gasteiger partial charge in [-0.15, -0.1) is 11.3 Å². The highest BCUT2D eigenvalue weighted by Gasteiger charge is 2.28. The van der Waals surface area contributed by atoms with Crippen molar-refractivity contribution in [3.05, 3.63) is 21.9 Å². The largest absolute Gasteiger partial charge is 0.466 e. The predicted octanol–water partition coefficient (Wildman–Crippen LogP) is 2.80. The fraction of sp³-hybridized carbons (Fsp3) is 0.647. The van der Waals surface area contributed by atoms with E-state index in [0.29, 0.717) is 19.7 Å². The van der Waals surface area contributed by atoms with Gasteiger partial charge in [-0.2, -0.15) is 0 Å². The molecule has 1 aromatic rings. The molecule has 23 heavy (non-hydrogen) atoms. The molecular formula is C17H27N3O2S. The lowest BCUT2D eigenvalue weighted by Gasteiger charge is -2.34. The first-order chi connectivity index (χ1) is 11.1. The maximum atomic E-state index is 12.0. The third-order valence-electron chi connectivity index (χ3n) is 3.86. The van der Waals surface area contributed by atoms with Crippen LogP contribution < -0.4 is 5.32 Å². The Bertz CT molecular complexity index is 542. The molecule has 128 valence electrons. The number of likely N-dealkylation sites (tertiary alicyclic amines) is 1. The number of hydrogen-bond donors (Lipinski definition) is 1. The molecule has 1 aromatic heterocycles. The second-order valence-corrected chi connectivity index (χ2v) is 7.09. The number of carbonyl (C=O) groups is 1. The second-order valence-electron chi connectivity index (χ2n) is 5.72. The molecule has 1 atom stereocenters. The lowest BCUT2D eigenvalue weighted by molar-refractivity contribution is -0.149. The van der Waals surface area contributed by atoms with E-state index in [4.69, 9.17) is 9.73 Å². The van der Waals surface area contributed by atoms with Crippen LogP contribution >= 0.6 is 11.3 Å². The van der Waals surface area contributed by atoms with E-state index >= 15 is 0 Å². The molecule has 0 bridgehead atoms. The number of nitrogens with one attached hydrogen (secondary N) is 1. The van der Waals surface area contributed by atoms with Crippen LogP contribution in [0.25, 0.3) is 0 Å². The Morgan fingerprint density at radius 3 is 2.96 bits per heavy atom. The van der Waals surface area contributed by atoms with Gasteiger partial charge in [0.15, 0.2) is 5.96 Å². The summed E-state index contributed by atoms with van der Waals surface area (Å²) in [5, 5.41) is 3.35. The molecule has 1 aliphatic heterocycles.